The number of carbonyl (C=O) groups excluding carboxylic acids is 2. The second kappa shape index (κ2) is 13.3. The van der Waals surface area contributed by atoms with Crippen LogP contribution in [0.3, 0.4) is 0 Å². The maximum absolute atomic E-state index is 13.2. The highest BCUT2D eigenvalue weighted by molar-refractivity contribution is 5.92. The van der Waals surface area contributed by atoms with Crippen molar-refractivity contribution in [2.24, 2.45) is 11.7 Å². The number of carbonyl (C=O) groups is 2. The topological polar surface area (TPSA) is 82.3 Å². The van der Waals surface area contributed by atoms with Crippen molar-refractivity contribution in [2.45, 2.75) is 58.9 Å². The van der Waals surface area contributed by atoms with Crippen molar-refractivity contribution in [3.63, 3.8) is 0 Å². The Bertz CT molecular complexity index is 1280. The van der Waals surface area contributed by atoms with Crippen molar-refractivity contribution in [1.29, 1.82) is 0 Å². The molecule has 0 saturated carbocycles. The molecule has 234 valence electrons. The molecule has 0 aliphatic carbocycles. The molecule has 11 heteroatoms. The van der Waals surface area contributed by atoms with E-state index in [9.17, 15) is 22.8 Å². The number of ether oxygens (including phenoxy) is 1. The molecule has 0 bridgehead atoms. The third-order valence-electron chi connectivity index (χ3n) is 7.82. The van der Waals surface area contributed by atoms with Gasteiger partial charge in [-0.3, -0.25) is 9.69 Å². The first kappa shape index (κ1) is 32.2. The van der Waals surface area contributed by atoms with Crippen LogP contribution < -0.4 is 5.73 Å². The van der Waals surface area contributed by atoms with Crippen LogP contribution in [0, 0.1) is 5.92 Å². The van der Waals surface area contributed by atoms with Crippen LogP contribution in [-0.2, 0) is 22.3 Å². The summed E-state index contributed by atoms with van der Waals surface area (Å²) in [7, 11) is 0. The fraction of sp³-hybridized carbons (Fsp3) is 0.500. The fourth-order valence-corrected chi connectivity index (χ4v) is 5.42. The van der Waals surface area contributed by atoms with Crippen LogP contribution in [0.2, 0.25) is 0 Å². The number of amides is 2. The van der Waals surface area contributed by atoms with Gasteiger partial charge in [0, 0.05) is 63.9 Å². The quantitative estimate of drug-likeness (QED) is 0.452. The summed E-state index contributed by atoms with van der Waals surface area (Å²) >= 11 is 0. The van der Waals surface area contributed by atoms with Gasteiger partial charge in [-0.25, -0.2) is 4.79 Å². The number of nitrogens with zero attached hydrogens (tertiary/aromatic N) is 4. The molecule has 43 heavy (non-hydrogen) atoms. The summed E-state index contributed by atoms with van der Waals surface area (Å²) in [4.78, 5) is 33.1. The number of likely N-dealkylation sites (tertiary alicyclic amines) is 1. The Kier molecular flexibility index (Phi) is 9.94. The van der Waals surface area contributed by atoms with Gasteiger partial charge in [-0.2, -0.15) is 13.2 Å². The minimum atomic E-state index is -4.35. The van der Waals surface area contributed by atoms with Crippen molar-refractivity contribution < 1.29 is 27.5 Å². The first-order valence-electron chi connectivity index (χ1n) is 14.7. The molecule has 3 heterocycles. The first-order valence-corrected chi connectivity index (χ1v) is 14.7. The zero-order chi connectivity index (χ0) is 31.4. The zero-order valence-electron chi connectivity index (χ0n) is 25.4. The standard InChI is InChI=1S/C32H42F3N5O3/c1-5-27-11-8-25(24-12-14-39(15-13-24)30(42)43-31(2,3)4)21-40(27)22-28(36)29(41)38-18-16-37(17-19-38)20-23-6-9-26(10-7-23)32(33,34)35/h5-11,21-22,24H,12-20,36H2,1-4H3/b27-5-,28-22-. The second-order valence-corrected chi connectivity index (χ2v) is 12.2. The van der Waals surface area contributed by atoms with Crippen molar-refractivity contribution in [2.75, 3.05) is 39.3 Å². The number of benzene rings is 1. The summed E-state index contributed by atoms with van der Waals surface area (Å²) in [6, 6.07) is 5.20. The largest absolute Gasteiger partial charge is 0.444 e. The summed E-state index contributed by atoms with van der Waals surface area (Å²) in [5, 5.41) is 0. The third-order valence-corrected chi connectivity index (χ3v) is 7.82. The number of piperazine rings is 1. The Morgan fingerprint density at radius 1 is 0.953 bits per heavy atom. The summed E-state index contributed by atoms with van der Waals surface area (Å²) in [5.41, 5.74) is 8.05. The SMILES string of the molecule is C/C=C1/C=CC(C2CCN(C(=O)OC(C)(C)C)CC2)=CN1/C=C(\N)C(=O)N1CCN(Cc2ccc(C(F)(F)F)cc2)CC1. The molecule has 8 nitrogen and oxygen atoms in total. The highest BCUT2D eigenvalue weighted by Crippen LogP contribution is 2.31. The molecule has 2 saturated heterocycles. The average Bonchev–Trinajstić information content (AvgIpc) is 2.96. The average molecular weight is 602 g/mol. The van der Waals surface area contributed by atoms with Crippen molar-refractivity contribution >= 4 is 12.0 Å². The third kappa shape index (κ3) is 8.65. The summed E-state index contributed by atoms with van der Waals surface area (Å²) in [6.07, 6.45) is 6.68. The van der Waals surface area contributed by atoms with Crippen LogP contribution in [0.25, 0.3) is 0 Å². The first-order chi connectivity index (χ1) is 20.2. The Morgan fingerprint density at radius 3 is 2.14 bits per heavy atom. The molecule has 0 radical (unpaired) electrons. The maximum Gasteiger partial charge on any atom is 0.416 e. The molecule has 3 aliphatic rings. The van der Waals surface area contributed by atoms with Crippen LogP contribution in [0.5, 0.6) is 0 Å². The maximum atomic E-state index is 13.2. The van der Waals surface area contributed by atoms with Gasteiger partial charge in [0.25, 0.3) is 5.91 Å². The van der Waals surface area contributed by atoms with Crippen molar-refractivity contribution in [1.82, 2.24) is 19.6 Å². The van der Waals surface area contributed by atoms with E-state index in [-0.39, 0.29) is 23.6 Å². The summed E-state index contributed by atoms with van der Waals surface area (Å²) in [6.45, 7) is 11.4. The van der Waals surface area contributed by atoms with Crippen molar-refractivity contribution in [3.8, 4) is 0 Å². The van der Waals surface area contributed by atoms with Crippen LogP contribution in [0.1, 0.15) is 51.7 Å². The molecular formula is C32H42F3N5O3. The number of piperidine rings is 1. The molecule has 0 spiro atoms. The molecule has 2 fully saturated rings. The second-order valence-electron chi connectivity index (χ2n) is 12.2. The van der Waals surface area contributed by atoms with Crippen LogP contribution in [0.4, 0.5) is 18.0 Å². The molecule has 4 rings (SSSR count). The molecule has 0 aromatic heterocycles. The van der Waals surface area contributed by atoms with E-state index in [0.29, 0.717) is 45.8 Å². The van der Waals surface area contributed by atoms with E-state index in [1.54, 1.807) is 16.0 Å². The van der Waals surface area contributed by atoms with E-state index < -0.39 is 17.3 Å². The Hall–Kier alpha value is -3.73. The minimum Gasteiger partial charge on any atom is -0.444 e. The van der Waals surface area contributed by atoms with Gasteiger partial charge >= 0.3 is 12.3 Å². The lowest BCUT2D eigenvalue weighted by Crippen LogP contribution is -2.49. The molecule has 0 atom stereocenters. The van der Waals surface area contributed by atoms with E-state index >= 15 is 0 Å². The predicted octanol–water partition coefficient (Wildman–Crippen LogP) is 5.46. The van der Waals surface area contributed by atoms with Gasteiger partial charge in [-0.15, -0.1) is 0 Å². The van der Waals surface area contributed by atoms with Gasteiger partial charge in [0.15, 0.2) is 0 Å². The van der Waals surface area contributed by atoms with Gasteiger partial charge in [0.05, 0.1) is 5.56 Å². The molecule has 1 aromatic rings. The number of halogens is 3. The Morgan fingerprint density at radius 2 is 1.58 bits per heavy atom. The van der Waals surface area contributed by atoms with Gasteiger partial charge in [0.1, 0.15) is 11.3 Å². The van der Waals surface area contributed by atoms with E-state index in [2.05, 4.69) is 11.0 Å². The van der Waals surface area contributed by atoms with Gasteiger partial charge in [-0.1, -0.05) is 24.3 Å². The molecule has 2 amide bonds. The van der Waals surface area contributed by atoms with Gasteiger partial charge in [0.2, 0.25) is 0 Å². The lowest BCUT2D eigenvalue weighted by Gasteiger charge is -2.36. The minimum absolute atomic E-state index is 0.126. The van der Waals surface area contributed by atoms with Crippen LogP contribution in [-0.4, -0.2) is 76.5 Å². The normalized spacial score (nSPS) is 20.4. The monoisotopic (exact) mass is 601 g/mol. The number of hydrogen-bond acceptors (Lipinski definition) is 6. The Labute approximate surface area is 251 Å². The van der Waals surface area contributed by atoms with Crippen LogP contribution >= 0.6 is 0 Å². The van der Waals surface area contributed by atoms with E-state index in [4.69, 9.17) is 10.5 Å². The van der Waals surface area contributed by atoms with E-state index in [1.807, 2.05) is 50.9 Å². The number of rotatable bonds is 5. The highest BCUT2D eigenvalue weighted by atomic mass is 19.4. The van der Waals surface area contributed by atoms with E-state index in [1.165, 1.54) is 12.1 Å². The molecule has 2 N–H and O–H groups in total. The van der Waals surface area contributed by atoms with Gasteiger partial charge in [-0.05, 0) is 75.8 Å². The number of nitrogens with two attached hydrogens (primary N) is 1. The molecule has 1 aromatic carbocycles. The number of hydrogen-bond donors (Lipinski definition) is 1. The van der Waals surface area contributed by atoms with Crippen molar-refractivity contribution in [3.05, 3.63) is 83.0 Å². The number of alkyl halides is 3. The lowest BCUT2D eigenvalue weighted by molar-refractivity contribution is -0.137. The molecule has 0 unspecified atom stereocenters. The Balaban J connectivity index is 1.32. The van der Waals surface area contributed by atoms with E-state index in [0.717, 1.165) is 41.8 Å². The fourth-order valence-electron chi connectivity index (χ4n) is 5.42. The summed E-state index contributed by atoms with van der Waals surface area (Å²) in [5.74, 6) is 0.0127. The van der Waals surface area contributed by atoms with Gasteiger partial charge < -0.3 is 25.2 Å². The zero-order valence-corrected chi connectivity index (χ0v) is 25.4. The lowest BCUT2D eigenvalue weighted by atomic mass is 9.88. The van der Waals surface area contributed by atoms with Crippen LogP contribution in [0.15, 0.2) is 71.9 Å². The highest BCUT2D eigenvalue weighted by Gasteiger charge is 2.31. The number of allylic oxidation sites excluding steroid dienone is 4. The molecular weight excluding hydrogens is 559 g/mol. The smallest absolute Gasteiger partial charge is 0.416 e. The summed E-state index contributed by atoms with van der Waals surface area (Å²) < 4.78 is 44.0. The predicted molar refractivity (Wildman–Crippen MR) is 159 cm³/mol. The molecule has 3 aliphatic heterocycles.